The molecule has 3 heterocycles. The Bertz CT molecular complexity index is 1250. The van der Waals surface area contributed by atoms with Crippen LogP contribution in [0.3, 0.4) is 0 Å². The molecule has 1 unspecified atom stereocenters. The van der Waals surface area contributed by atoms with Gasteiger partial charge in [0, 0.05) is 12.4 Å². The second-order valence-electron chi connectivity index (χ2n) is 6.55. The van der Waals surface area contributed by atoms with Crippen molar-refractivity contribution in [1.29, 1.82) is 0 Å². The molecular weight excluding hydrogens is 443 g/mol. The molecule has 0 radical (unpaired) electrons. The lowest BCUT2D eigenvalue weighted by atomic mass is 10.3. The van der Waals surface area contributed by atoms with Crippen molar-refractivity contribution in [3.05, 3.63) is 59.8 Å². The topological polar surface area (TPSA) is 107 Å². The molecule has 0 aliphatic heterocycles. The number of anilines is 1. The maximum absolute atomic E-state index is 13.3. The Kier molecular flexibility index (Phi) is 5.83. The van der Waals surface area contributed by atoms with Crippen molar-refractivity contribution >= 4 is 27.0 Å². The number of halogens is 1. The summed E-state index contributed by atoms with van der Waals surface area (Å²) < 4.78 is 47.2. The van der Waals surface area contributed by atoms with Gasteiger partial charge in [-0.3, -0.25) is 4.31 Å². The van der Waals surface area contributed by atoms with Crippen LogP contribution in [0.1, 0.15) is 30.9 Å². The molecule has 0 saturated heterocycles. The minimum absolute atomic E-state index is 0.0441. The van der Waals surface area contributed by atoms with E-state index < -0.39 is 16.2 Å². The van der Waals surface area contributed by atoms with Gasteiger partial charge in [0.05, 0.1) is 29.9 Å². The number of benzene rings is 1. The van der Waals surface area contributed by atoms with Gasteiger partial charge in [-0.15, -0.1) is 21.5 Å². The molecule has 3 aromatic heterocycles. The molecule has 0 saturated carbocycles. The molecule has 0 aliphatic carbocycles. The Balaban J connectivity index is 1.60. The molecule has 0 spiro atoms. The minimum Gasteiger partial charge on any atom is -0.417 e. The Morgan fingerprint density at radius 2 is 2.03 bits per heavy atom. The zero-order valence-electron chi connectivity index (χ0n) is 16.7. The lowest BCUT2D eigenvalue weighted by Gasteiger charge is -2.23. The quantitative estimate of drug-likeness (QED) is 0.392. The molecule has 9 nitrogen and oxygen atoms in total. The largest absolute Gasteiger partial charge is 0.417 e. The van der Waals surface area contributed by atoms with Crippen molar-refractivity contribution in [3.8, 4) is 16.5 Å². The fraction of sp³-hybridized carbons (Fsp3) is 0.263. The smallest absolute Gasteiger partial charge is 0.259 e. The van der Waals surface area contributed by atoms with Gasteiger partial charge < -0.3 is 4.42 Å². The van der Waals surface area contributed by atoms with E-state index >= 15 is 0 Å². The maximum atomic E-state index is 13.3. The number of aromatic nitrogens is 5. The third-order valence-electron chi connectivity index (χ3n) is 4.43. The first-order valence-electron chi connectivity index (χ1n) is 9.40. The van der Waals surface area contributed by atoms with Gasteiger partial charge in [0.15, 0.2) is 6.17 Å². The second-order valence-corrected chi connectivity index (χ2v) is 9.85. The molecule has 1 atom stereocenters. The van der Waals surface area contributed by atoms with Gasteiger partial charge in [-0.2, -0.15) is 5.10 Å². The Hall–Kier alpha value is -3.12. The summed E-state index contributed by atoms with van der Waals surface area (Å²) in [5.41, 5.74) is 1.33. The molecule has 0 N–H and O–H groups in total. The van der Waals surface area contributed by atoms with E-state index in [4.69, 9.17) is 4.42 Å². The fourth-order valence-electron chi connectivity index (χ4n) is 2.80. The van der Waals surface area contributed by atoms with Crippen LogP contribution < -0.4 is 4.31 Å². The van der Waals surface area contributed by atoms with Crippen LogP contribution >= 0.6 is 11.3 Å². The zero-order chi connectivity index (χ0) is 22.0. The monoisotopic (exact) mass is 462 g/mol. The average Bonchev–Trinajstić information content (AvgIpc) is 3.53. The Morgan fingerprint density at radius 3 is 2.65 bits per heavy atom. The van der Waals surface area contributed by atoms with Gasteiger partial charge in [0.2, 0.25) is 10.0 Å². The van der Waals surface area contributed by atoms with E-state index in [0.29, 0.717) is 15.6 Å². The highest BCUT2D eigenvalue weighted by molar-refractivity contribution is 7.92. The van der Waals surface area contributed by atoms with Gasteiger partial charge in [0.25, 0.3) is 11.8 Å². The highest BCUT2D eigenvalue weighted by Gasteiger charge is 2.23. The van der Waals surface area contributed by atoms with Gasteiger partial charge in [-0.25, -0.2) is 22.5 Å². The van der Waals surface area contributed by atoms with E-state index in [0.717, 1.165) is 5.69 Å². The lowest BCUT2D eigenvalue weighted by Crippen LogP contribution is -2.31. The van der Waals surface area contributed by atoms with E-state index in [9.17, 15) is 12.8 Å². The molecule has 162 valence electrons. The molecule has 31 heavy (non-hydrogen) atoms. The number of alkyl halides is 1. The number of rotatable bonds is 8. The van der Waals surface area contributed by atoms with E-state index in [1.807, 2.05) is 6.07 Å². The Labute approximate surface area is 182 Å². The van der Waals surface area contributed by atoms with Crippen molar-refractivity contribution < 1.29 is 17.2 Å². The Morgan fingerprint density at radius 1 is 1.26 bits per heavy atom. The van der Waals surface area contributed by atoms with Gasteiger partial charge >= 0.3 is 0 Å². The van der Waals surface area contributed by atoms with E-state index in [1.54, 1.807) is 48.3 Å². The first kappa shape index (κ1) is 21.1. The highest BCUT2D eigenvalue weighted by Crippen LogP contribution is 2.30. The molecular formula is C19H19FN6O3S2. The molecule has 4 aromatic rings. The fourth-order valence-corrected chi connectivity index (χ4v) is 4.78. The second kappa shape index (κ2) is 8.55. The number of nitrogens with zero attached hydrogens (tertiary/aromatic N) is 6. The molecule has 0 aliphatic rings. The predicted octanol–water partition coefficient (Wildman–Crippen LogP) is 3.77. The first-order valence-corrected chi connectivity index (χ1v) is 11.8. The van der Waals surface area contributed by atoms with Crippen LogP contribution in [0, 0.1) is 0 Å². The maximum Gasteiger partial charge on any atom is 0.259 e. The van der Waals surface area contributed by atoms with Crippen LogP contribution in [0.5, 0.6) is 0 Å². The van der Waals surface area contributed by atoms with Crippen LogP contribution in [-0.2, 0) is 16.6 Å². The molecule has 0 bridgehead atoms. The summed E-state index contributed by atoms with van der Waals surface area (Å²) >= 11 is 1.21. The highest BCUT2D eigenvalue weighted by atomic mass is 32.2. The van der Waals surface area contributed by atoms with Crippen LogP contribution in [0.2, 0.25) is 0 Å². The number of hydrogen-bond acceptors (Lipinski definition) is 8. The van der Waals surface area contributed by atoms with Gasteiger partial charge in [0.1, 0.15) is 9.88 Å². The first-order chi connectivity index (χ1) is 14.9. The van der Waals surface area contributed by atoms with Crippen molar-refractivity contribution in [2.45, 2.75) is 26.6 Å². The number of hydrogen-bond donors (Lipinski definition) is 0. The minimum atomic E-state index is -3.56. The molecule has 12 heteroatoms. The van der Waals surface area contributed by atoms with Crippen molar-refractivity contribution in [2.24, 2.45) is 0 Å². The molecule has 1 aromatic carbocycles. The van der Waals surface area contributed by atoms with E-state index in [1.165, 1.54) is 28.8 Å². The van der Waals surface area contributed by atoms with Crippen LogP contribution in [0.25, 0.3) is 16.5 Å². The van der Waals surface area contributed by atoms with Crippen molar-refractivity contribution in [2.75, 3.05) is 10.1 Å². The van der Waals surface area contributed by atoms with Crippen LogP contribution in [0.4, 0.5) is 10.1 Å². The van der Waals surface area contributed by atoms with Crippen LogP contribution in [0.15, 0.2) is 53.3 Å². The lowest BCUT2D eigenvalue weighted by molar-refractivity contribution is 0.301. The third-order valence-corrected chi connectivity index (χ3v) is 7.14. The number of thiazole rings is 1. The van der Waals surface area contributed by atoms with Crippen molar-refractivity contribution in [3.63, 3.8) is 0 Å². The summed E-state index contributed by atoms with van der Waals surface area (Å²) in [6.45, 7) is 2.94. The summed E-state index contributed by atoms with van der Waals surface area (Å²) in [7, 11) is -3.56. The zero-order valence-corrected chi connectivity index (χ0v) is 18.3. The summed E-state index contributed by atoms with van der Waals surface area (Å²) in [6.07, 6.45) is 3.61. The number of sulfonamides is 1. The summed E-state index contributed by atoms with van der Waals surface area (Å²) in [6, 6.07) is 8.86. The van der Waals surface area contributed by atoms with Crippen LogP contribution in [-0.4, -0.2) is 39.1 Å². The molecule has 0 fully saturated rings. The summed E-state index contributed by atoms with van der Waals surface area (Å²) in [4.78, 5) is 4.83. The standard InChI is InChI=1S/C19H19FN6O3S2/c1-3-31(27,28)26(15-7-5-14(6-8-15)25-10-4-9-22-25)12-17-21-11-16(30-17)19-24-23-18(29-19)13(2)20/h4-11,13H,3,12H2,1-2H3. The normalized spacial score (nSPS) is 12.7. The SMILES string of the molecule is CCS(=O)(=O)N(Cc1ncc(-c2nnc(C(C)F)o2)s1)c1ccc(-n2cccn2)cc1. The van der Waals surface area contributed by atoms with E-state index in [2.05, 4.69) is 20.3 Å². The molecule has 0 amide bonds. The predicted molar refractivity (Wildman–Crippen MR) is 114 cm³/mol. The molecule has 4 rings (SSSR count). The van der Waals surface area contributed by atoms with Crippen molar-refractivity contribution in [1.82, 2.24) is 25.0 Å². The third kappa shape index (κ3) is 4.49. The average molecular weight is 463 g/mol. The summed E-state index contributed by atoms with van der Waals surface area (Å²) in [5, 5.41) is 12.2. The summed E-state index contributed by atoms with van der Waals surface area (Å²) in [5.74, 6) is -0.0257. The van der Waals surface area contributed by atoms with Gasteiger partial charge in [-0.05, 0) is 44.2 Å². The van der Waals surface area contributed by atoms with Gasteiger partial charge in [-0.1, -0.05) is 0 Å². The van der Waals surface area contributed by atoms with E-state index in [-0.39, 0.29) is 24.1 Å².